The number of anilines is 1. The summed E-state index contributed by atoms with van der Waals surface area (Å²) in [5.74, 6) is 0.0651. The molecular formula is C22H33N3O3. The molecule has 28 heavy (non-hydrogen) atoms. The molecule has 0 unspecified atom stereocenters. The molecule has 3 aliphatic rings. The van der Waals surface area contributed by atoms with Crippen LogP contribution < -0.4 is 15.5 Å². The summed E-state index contributed by atoms with van der Waals surface area (Å²) in [6.45, 7) is 5.07. The van der Waals surface area contributed by atoms with Gasteiger partial charge in [-0.05, 0) is 49.9 Å². The van der Waals surface area contributed by atoms with Crippen LogP contribution in [0, 0.1) is 0 Å². The first-order valence-electron chi connectivity index (χ1n) is 10.9. The molecule has 1 aromatic carbocycles. The van der Waals surface area contributed by atoms with Crippen LogP contribution in [0.1, 0.15) is 48.9 Å². The van der Waals surface area contributed by atoms with Crippen molar-refractivity contribution in [2.24, 2.45) is 0 Å². The van der Waals surface area contributed by atoms with Gasteiger partial charge < -0.3 is 25.0 Å². The Balaban J connectivity index is 1.21. The standard InChI is InChI=1S/C22H33N3O3/c26-22(24-19-3-1-2-4-19)17-5-7-20(8-6-17)25-11-9-18(10-12-25)23-15-21-16-27-13-14-28-21/h5-8,18-19,21,23H,1-4,9-16H2,(H,24,26)/t21-/m0/s1. The molecule has 6 heteroatoms. The van der Waals surface area contributed by atoms with Crippen LogP contribution in [0.4, 0.5) is 5.69 Å². The second-order valence-corrected chi connectivity index (χ2v) is 8.24. The maximum Gasteiger partial charge on any atom is 0.251 e. The number of carbonyl (C=O) groups is 1. The van der Waals surface area contributed by atoms with Crippen LogP contribution in [0.2, 0.25) is 0 Å². The maximum atomic E-state index is 12.4. The van der Waals surface area contributed by atoms with Crippen LogP contribution in [0.3, 0.4) is 0 Å². The Labute approximate surface area is 168 Å². The van der Waals surface area contributed by atoms with E-state index in [2.05, 4.69) is 27.7 Å². The highest BCUT2D eigenvalue weighted by Gasteiger charge is 2.22. The van der Waals surface area contributed by atoms with Gasteiger partial charge in [0.2, 0.25) is 0 Å². The van der Waals surface area contributed by atoms with Gasteiger partial charge in [0.25, 0.3) is 5.91 Å². The van der Waals surface area contributed by atoms with Crippen molar-refractivity contribution in [2.45, 2.75) is 56.7 Å². The topological polar surface area (TPSA) is 62.8 Å². The number of nitrogens with one attached hydrogen (secondary N) is 2. The van der Waals surface area contributed by atoms with Crippen LogP contribution in [0.15, 0.2) is 24.3 Å². The van der Waals surface area contributed by atoms with Gasteiger partial charge in [0.15, 0.2) is 0 Å². The number of benzene rings is 1. The fourth-order valence-corrected chi connectivity index (χ4v) is 4.46. The lowest BCUT2D eigenvalue weighted by atomic mass is 10.0. The molecule has 0 aromatic heterocycles. The van der Waals surface area contributed by atoms with Gasteiger partial charge in [0.05, 0.1) is 25.9 Å². The molecule has 1 aliphatic carbocycles. The fraction of sp³-hybridized carbons (Fsp3) is 0.682. The fourth-order valence-electron chi connectivity index (χ4n) is 4.46. The third kappa shape index (κ3) is 5.25. The molecule has 1 aromatic rings. The highest BCUT2D eigenvalue weighted by molar-refractivity contribution is 5.94. The zero-order chi connectivity index (χ0) is 19.2. The van der Waals surface area contributed by atoms with Crippen molar-refractivity contribution in [3.8, 4) is 0 Å². The Morgan fingerprint density at radius 1 is 1.00 bits per heavy atom. The first-order valence-corrected chi connectivity index (χ1v) is 10.9. The number of nitrogens with zero attached hydrogens (tertiary/aromatic N) is 1. The van der Waals surface area contributed by atoms with Crippen LogP contribution in [0.25, 0.3) is 0 Å². The van der Waals surface area contributed by atoms with Crippen molar-refractivity contribution < 1.29 is 14.3 Å². The van der Waals surface area contributed by atoms with Gasteiger partial charge in [-0.2, -0.15) is 0 Å². The van der Waals surface area contributed by atoms with Gasteiger partial charge in [-0.3, -0.25) is 4.79 Å². The highest BCUT2D eigenvalue weighted by Crippen LogP contribution is 2.22. The number of carbonyl (C=O) groups excluding carboxylic acids is 1. The number of amides is 1. The molecule has 2 aliphatic heterocycles. The Morgan fingerprint density at radius 3 is 2.43 bits per heavy atom. The van der Waals surface area contributed by atoms with E-state index in [0.29, 0.717) is 25.3 Å². The Morgan fingerprint density at radius 2 is 1.75 bits per heavy atom. The molecule has 6 nitrogen and oxygen atoms in total. The number of rotatable bonds is 6. The molecule has 1 saturated carbocycles. The van der Waals surface area contributed by atoms with E-state index in [9.17, 15) is 4.79 Å². The Kier molecular flexibility index (Phi) is 6.83. The molecule has 2 heterocycles. The summed E-state index contributed by atoms with van der Waals surface area (Å²) in [7, 11) is 0. The summed E-state index contributed by atoms with van der Waals surface area (Å²) >= 11 is 0. The number of hydrogen-bond donors (Lipinski definition) is 2. The van der Waals surface area contributed by atoms with Crippen LogP contribution in [-0.4, -0.2) is 63.5 Å². The van der Waals surface area contributed by atoms with E-state index in [1.165, 1.54) is 18.5 Å². The number of piperidine rings is 1. The van der Waals surface area contributed by atoms with E-state index in [1.54, 1.807) is 0 Å². The minimum absolute atomic E-state index is 0.0651. The lowest BCUT2D eigenvalue weighted by Crippen LogP contribution is -2.46. The summed E-state index contributed by atoms with van der Waals surface area (Å²) in [6.07, 6.45) is 7.13. The highest BCUT2D eigenvalue weighted by atomic mass is 16.6. The molecule has 154 valence electrons. The summed E-state index contributed by atoms with van der Waals surface area (Å²) in [6, 6.07) is 9.01. The molecule has 0 spiro atoms. The van der Waals surface area contributed by atoms with Crippen LogP contribution in [0.5, 0.6) is 0 Å². The third-order valence-electron chi connectivity index (χ3n) is 6.20. The lowest BCUT2D eigenvalue weighted by molar-refractivity contribution is -0.0872. The minimum atomic E-state index is 0.0651. The zero-order valence-electron chi connectivity index (χ0n) is 16.7. The predicted molar refractivity (Wildman–Crippen MR) is 110 cm³/mol. The van der Waals surface area contributed by atoms with Crippen molar-refractivity contribution >= 4 is 11.6 Å². The van der Waals surface area contributed by atoms with Gasteiger partial charge >= 0.3 is 0 Å². The van der Waals surface area contributed by atoms with E-state index < -0.39 is 0 Å². The first-order chi connectivity index (χ1) is 13.8. The zero-order valence-corrected chi connectivity index (χ0v) is 16.7. The van der Waals surface area contributed by atoms with Crippen LogP contribution >= 0.6 is 0 Å². The van der Waals surface area contributed by atoms with E-state index in [-0.39, 0.29) is 12.0 Å². The quantitative estimate of drug-likeness (QED) is 0.785. The molecule has 0 radical (unpaired) electrons. The molecule has 0 bridgehead atoms. The predicted octanol–water partition coefficient (Wildman–Crippen LogP) is 2.33. The third-order valence-corrected chi connectivity index (χ3v) is 6.20. The number of hydrogen-bond acceptors (Lipinski definition) is 5. The van der Waals surface area contributed by atoms with Gasteiger partial charge in [0.1, 0.15) is 0 Å². The SMILES string of the molecule is O=C(NC1CCCC1)c1ccc(N2CCC(NC[C@H]3COCCO3)CC2)cc1. The molecular weight excluding hydrogens is 354 g/mol. The van der Waals surface area contributed by atoms with Crippen LogP contribution in [-0.2, 0) is 9.47 Å². The second kappa shape index (κ2) is 9.72. The molecule has 3 fully saturated rings. The summed E-state index contributed by atoms with van der Waals surface area (Å²) in [5.41, 5.74) is 1.97. The second-order valence-electron chi connectivity index (χ2n) is 8.24. The number of ether oxygens (including phenoxy) is 2. The molecule has 2 saturated heterocycles. The minimum Gasteiger partial charge on any atom is -0.376 e. The van der Waals surface area contributed by atoms with Crippen molar-refractivity contribution in [3.05, 3.63) is 29.8 Å². The first kappa shape index (κ1) is 19.7. The average molecular weight is 388 g/mol. The van der Waals surface area contributed by atoms with Gasteiger partial charge in [0, 0.05) is 43.0 Å². The largest absolute Gasteiger partial charge is 0.376 e. The maximum absolute atomic E-state index is 12.4. The summed E-state index contributed by atoms with van der Waals surface area (Å²) in [5, 5.41) is 6.80. The van der Waals surface area contributed by atoms with E-state index >= 15 is 0 Å². The molecule has 4 rings (SSSR count). The van der Waals surface area contributed by atoms with Gasteiger partial charge in [-0.15, -0.1) is 0 Å². The Hall–Kier alpha value is -1.63. The average Bonchev–Trinajstić information content (AvgIpc) is 3.26. The lowest BCUT2D eigenvalue weighted by Gasteiger charge is -2.35. The van der Waals surface area contributed by atoms with Crippen molar-refractivity contribution in [1.29, 1.82) is 0 Å². The van der Waals surface area contributed by atoms with Gasteiger partial charge in [-0.25, -0.2) is 0 Å². The molecule has 2 N–H and O–H groups in total. The van der Waals surface area contributed by atoms with E-state index in [1.807, 2.05) is 12.1 Å². The van der Waals surface area contributed by atoms with E-state index in [0.717, 1.165) is 57.5 Å². The Bertz CT molecular complexity index is 616. The van der Waals surface area contributed by atoms with Crippen molar-refractivity contribution in [3.63, 3.8) is 0 Å². The molecule has 1 amide bonds. The van der Waals surface area contributed by atoms with E-state index in [4.69, 9.17) is 9.47 Å². The van der Waals surface area contributed by atoms with Crippen molar-refractivity contribution in [2.75, 3.05) is 44.4 Å². The van der Waals surface area contributed by atoms with Crippen molar-refractivity contribution in [1.82, 2.24) is 10.6 Å². The summed E-state index contributed by atoms with van der Waals surface area (Å²) < 4.78 is 11.2. The monoisotopic (exact) mass is 387 g/mol. The molecule has 1 atom stereocenters. The smallest absolute Gasteiger partial charge is 0.251 e. The van der Waals surface area contributed by atoms with Gasteiger partial charge in [-0.1, -0.05) is 12.8 Å². The summed E-state index contributed by atoms with van der Waals surface area (Å²) in [4.78, 5) is 14.8. The normalized spacial score (nSPS) is 24.4.